The molecule has 1 rings (SSSR count). The first-order chi connectivity index (χ1) is 11.4. The number of carbonyl (C=O) groups is 3. The molecule has 132 valence electrons. The Balaban J connectivity index is 2.48. The lowest BCUT2D eigenvalue weighted by Gasteiger charge is -2.18. The van der Waals surface area contributed by atoms with Crippen molar-refractivity contribution in [3.8, 4) is 0 Å². The molecule has 1 unspecified atom stereocenters. The highest BCUT2D eigenvalue weighted by Gasteiger charge is 2.16. The minimum absolute atomic E-state index is 0.0687. The van der Waals surface area contributed by atoms with Gasteiger partial charge in [-0.2, -0.15) is 0 Å². The Morgan fingerprint density at radius 1 is 1.25 bits per heavy atom. The highest BCUT2D eigenvalue weighted by Crippen LogP contribution is 2.24. The fraction of sp³-hybridized carbons (Fsp3) is 0.471. The Labute approximate surface area is 147 Å². The maximum absolute atomic E-state index is 12.1. The van der Waals surface area contributed by atoms with Crippen molar-refractivity contribution in [2.24, 2.45) is 5.92 Å². The molecular weight excluding hydrogens is 326 g/mol. The molecule has 24 heavy (non-hydrogen) atoms. The van der Waals surface area contributed by atoms with Gasteiger partial charge in [0, 0.05) is 17.9 Å². The minimum Gasteiger partial charge on any atom is -0.347 e. The van der Waals surface area contributed by atoms with Crippen LogP contribution < -0.4 is 10.6 Å². The Morgan fingerprint density at radius 2 is 1.92 bits per heavy atom. The maximum Gasteiger partial charge on any atom is 0.244 e. The number of nitrogens with one attached hydrogen (secondary N) is 2. The summed E-state index contributed by atoms with van der Waals surface area (Å²) in [4.78, 5) is 38.0. The Hall–Kier alpha value is -2.02. The van der Waals surface area contributed by atoms with Crippen LogP contribution in [0.4, 0.5) is 5.69 Å². The van der Waals surface area contributed by atoms with E-state index in [0.717, 1.165) is 10.6 Å². The van der Waals surface area contributed by atoms with Gasteiger partial charge in [0.05, 0.1) is 18.8 Å². The summed E-state index contributed by atoms with van der Waals surface area (Å²) in [6.45, 7) is 3.55. The van der Waals surface area contributed by atoms with E-state index in [2.05, 4.69) is 10.6 Å². The Bertz CT molecular complexity index is 592. The molecule has 1 aromatic carbocycles. The number of benzene rings is 1. The van der Waals surface area contributed by atoms with E-state index in [1.54, 1.807) is 6.92 Å². The molecule has 0 aliphatic rings. The largest absolute Gasteiger partial charge is 0.347 e. The van der Waals surface area contributed by atoms with Gasteiger partial charge < -0.3 is 15.5 Å². The second-order valence-corrected chi connectivity index (χ2v) is 6.37. The average Bonchev–Trinajstić information content (AvgIpc) is 2.58. The third-order valence-electron chi connectivity index (χ3n) is 3.66. The molecule has 0 spiro atoms. The van der Waals surface area contributed by atoms with Crippen molar-refractivity contribution >= 4 is 35.2 Å². The lowest BCUT2D eigenvalue weighted by molar-refractivity contribution is -0.134. The van der Waals surface area contributed by atoms with E-state index < -0.39 is 0 Å². The summed E-state index contributed by atoms with van der Waals surface area (Å²) in [5, 5.41) is 5.39. The molecule has 3 amide bonds. The monoisotopic (exact) mass is 351 g/mol. The van der Waals surface area contributed by atoms with Crippen LogP contribution in [0.1, 0.15) is 20.3 Å². The zero-order valence-electron chi connectivity index (χ0n) is 14.6. The first kappa shape index (κ1) is 20.0. The lowest BCUT2D eigenvalue weighted by atomic mass is 10.1. The van der Waals surface area contributed by atoms with Crippen LogP contribution in [0, 0.1) is 5.92 Å². The molecule has 0 bridgehead atoms. The van der Waals surface area contributed by atoms with Gasteiger partial charge in [-0.1, -0.05) is 26.0 Å². The van der Waals surface area contributed by atoms with E-state index in [0.29, 0.717) is 6.42 Å². The predicted molar refractivity (Wildman–Crippen MR) is 97.0 cm³/mol. The first-order valence-electron chi connectivity index (χ1n) is 7.83. The van der Waals surface area contributed by atoms with Crippen molar-refractivity contribution in [3.63, 3.8) is 0 Å². The van der Waals surface area contributed by atoms with E-state index >= 15 is 0 Å². The molecule has 2 N–H and O–H groups in total. The third kappa shape index (κ3) is 6.23. The van der Waals surface area contributed by atoms with Gasteiger partial charge in [-0.3, -0.25) is 14.4 Å². The Morgan fingerprint density at radius 3 is 2.54 bits per heavy atom. The zero-order chi connectivity index (χ0) is 18.1. The topological polar surface area (TPSA) is 78.5 Å². The molecule has 7 heteroatoms. The second-order valence-electron chi connectivity index (χ2n) is 5.53. The lowest BCUT2D eigenvalue weighted by Crippen LogP contribution is -2.42. The van der Waals surface area contributed by atoms with Crippen LogP contribution in [0.2, 0.25) is 0 Å². The summed E-state index contributed by atoms with van der Waals surface area (Å²) >= 11 is 1.54. The van der Waals surface area contributed by atoms with Gasteiger partial charge in [0.15, 0.2) is 0 Å². The maximum atomic E-state index is 12.1. The Kier molecular flexibility index (Phi) is 8.32. The fourth-order valence-electron chi connectivity index (χ4n) is 1.90. The average molecular weight is 351 g/mol. The highest BCUT2D eigenvalue weighted by atomic mass is 32.2. The molecule has 0 aliphatic carbocycles. The number of para-hydroxylation sites is 1. The molecule has 0 radical (unpaired) electrons. The first-order valence-corrected chi connectivity index (χ1v) is 9.06. The summed E-state index contributed by atoms with van der Waals surface area (Å²) in [6, 6.07) is 7.48. The van der Waals surface area contributed by atoms with Crippen molar-refractivity contribution in [2.45, 2.75) is 25.2 Å². The van der Waals surface area contributed by atoms with Gasteiger partial charge in [0.25, 0.3) is 0 Å². The van der Waals surface area contributed by atoms with Gasteiger partial charge in [-0.05, 0) is 24.8 Å². The third-order valence-corrected chi connectivity index (χ3v) is 4.46. The number of hydrogen-bond donors (Lipinski definition) is 2. The number of carbonyl (C=O) groups excluding carboxylic acids is 3. The fourth-order valence-corrected chi connectivity index (χ4v) is 2.45. The summed E-state index contributed by atoms with van der Waals surface area (Å²) < 4.78 is 0. The predicted octanol–water partition coefficient (Wildman–Crippen LogP) is 1.97. The smallest absolute Gasteiger partial charge is 0.244 e. The van der Waals surface area contributed by atoms with Crippen molar-refractivity contribution in [1.29, 1.82) is 0 Å². The number of hydrogen-bond acceptors (Lipinski definition) is 4. The van der Waals surface area contributed by atoms with E-state index in [9.17, 15) is 14.4 Å². The molecule has 0 aromatic heterocycles. The van der Waals surface area contributed by atoms with Gasteiger partial charge in [-0.15, -0.1) is 11.8 Å². The summed E-state index contributed by atoms with van der Waals surface area (Å²) in [6.07, 6.45) is 2.65. The molecule has 0 fully saturated rings. The zero-order valence-corrected chi connectivity index (χ0v) is 15.4. The summed E-state index contributed by atoms with van der Waals surface area (Å²) in [5.41, 5.74) is 0.723. The number of likely N-dealkylation sites (N-methyl/N-ethyl adjacent to an activating group) is 1. The van der Waals surface area contributed by atoms with Crippen LogP contribution in [-0.4, -0.2) is 49.0 Å². The van der Waals surface area contributed by atoms with Crippen LogP contribution in [-0.2, 0) is 14.4 Å². The van der Waals surface area contributed by atoms with Crippen LogP contribution in [0.25, 0.3) is 0 Å². The molecule has 0 aliphatic heterocycles. The number of nitrogens with zero attached hydrogens (tertiary/aromatic N) is 1. The number of rotatable bonds is 8. The van der Waals surface area contributed by atoms with Crippen LogP contribution >= 0.6 is 11.8 Å². The SMILES string of the molecule is CCC(C)C(=O)NCC(=O)N(C)CC(=O)Nc1ccccc1SC. The van der Waals surface area contributed by atoms with Gasteiger partial charge in [-0.25, -0.2) is 0 Å². The van der Waals surface area contributed by atoms with Crippen molar-refractivity contribution in [2.75, 3.05) is 31.7 Å². The van der Waals surface area contributed by atoms with E-state index in [-0.39, 0.29) is 36.7 Å². The van der Waals surface area contributed by atoms with E-state index in [1.165, 1.54) is 23.7 Å². The summed E-state index contributed by atoms with van der Waals surface area (Å²) in [5.74, 6) is -0.868. The van der Waals surface area contributed by atoms with Gasteiger partial charge >= 0.3 is 0 Å². The van der Waals surface area contributed by atoms with Gasteiger partial charge in [0.1, 0.15) is 0 Å². The van der Waals surface area contributed by atoms with Crippen LogP contribution in [0.5, 0.6) is 0 Å². The number of thioether (sulfide) groups is 1. The number of anilines is 1. The van der Waals surface area contributed by atoms with Crippen molar-refractivity contribution in [3.05, 3.63) is 24.3 Å². The molecular formula is C17H25N3O3S. The van der Waals surface area contributed by atoms with Crippen LogP contribution in [0.15, 0.2) is 29.2 Å². The number of amides is 3. The van der Waals surface area contributed by atoms with E-state index in [4.69, 9.17) is 0 Å². The second kappa shape index (κ2) is 9.97. The molecule has 0 heterocycles. The normalized spacial score (nSPS) is 11.5. The molecule has 6 nitrogen and oxygen atoms in total. The van der Waals surface area contributed by atoms with Crippen molar-refractivity contribution < 1.29 is 14.4 Å². The van der Waals surface area contributed by atoms with Crippen LogP contribution in [0.3, 0.4) is 0 Å². The standard InChI is InChI=1S/C17H25N3O3S/c1-5-12(2)17(23)18-10-16(22)20(3)11-15(21)19-13-8-6-7-9-14(13)24-4/h6-9,12H,5,10-11H2,1-4H3,(H,18,23)(H,19,21). The molecule has 0 saturated heterocycles. The molecule has 0 saturated carbocycles. The minimum atomic E-state index is -0.306. The molecule has 1 atom stereocenters. The van der Waals surface area contributed by atoms with Crippen molar-refractivity contribution in [1.82, 2.24) is 10.2 Å². The quantitative estimate of drug-likeness (QED) is 0.702. The summed E-state index contributed by atoms with van der Waals surface area (Å²) in [7, 11) is 1.54. The van der Waals surface area contributed by atoms with Gasteiger partial charge in [0.2, 0.25) is 17.7 Å². The molecule has 1 aromatic rings. The highest BCUT2D eigenvalue weighted by molar-refractivity contribution is 7.98. The van der Waals surface area contributed by atoms with E-state index in [1.807, 2.05) is 37.4 Å².